The molecule has 6 nitrogen and oxygen atoms in total. The molecule has 0 bridgehead atoms. The minimum Gasteiger partial charge on any atom is -0.366 e. The molecule has 3 aromatic rings. The van der Waals surface area contributed by atoms with E-state index < -0.39 is 5.91 Å². The van der Waals surface area contributed by atoms with Gasteiger partial charge in [-0.15, -0.1) is 0 Å². The second-order valence-corrected chi connectivity index (χ2v) is 6.19. The molecular formula is C19H16ClN5O. The number of carbonyl (C=O) groups excluding carboxylic acids is 1. The lowest BCUT2D eigenvalue weighted by atomic mass is 10.0. The first-order valence-electron chi connectivity index (χ1n) is 8.07. The number of nitrogens with two attached hydrogens (primary N) is 1. The van der Waals surface area contributed by atoms with Crippen LogP contribution in [-0.2, 0) is 12.8 Å². The first kappa shape index (κ1) is 17.6. The van der Waals surface area contributed by atoms with Gasteiger partial charge in [0.1, 0.15) is 11.9 Å². The summed E-state index contributed by atoms with van der Waals surface area (Å²) in [6.45, 7) is 0. The molecule has 0 radical (unpaired) electrons. The molecule has 1 amide bonds. The number of hydrogen-bond donors (Lipinski definition) is 2. The van der Waals surface area contributed by atoms with Crippen LogP contribution in [0.1, 0.15) is 33.7 Å². The minimum atomic E-state index is -0.416. The SMILES string of the molecule is N#Cc1ccc(-c2n[nH]c(CCCc3ccccc3C(N)=O)n2)cc1Cl. The largest absolute Gasteiger partial charge is 0.366 e. The zero-order chi connectivity index (χ0) is 18.5. The summed E-state index contributed by atoms with van der Waals surface area (Å²) in [5, 5.41) is 16.4. The predicted molar refractivity (Wildman–Crippen MR) is 98.5 cm³/mol. The Morgan fingerprint density at radius 2 is 2.04 bits per heavy atom. The van der Waals surface area contributed by atoms with Crippen molar-refractivity contribution >= 4 is 17.5 Å². The summed E-state index contributed by atoms with van der Waals surface area (Å²) in [5.41, 5.74) is 8.04. The number of nitrogens with zero attached hydrogens (tertiary/aromatic N) is 3. The van der Waals surface area contributed by atoms with Gasteiger partial charge in [0.2, 0.25) is 5.91 Å². The number of H-pyrrole nitrogens is 1. The topological polar surface area (TPSA) is 108 Å². The van der Waals surface area contributed by atoms with Crippen LogP contribution in [0.3, 0.4) is 0 Å². The Morgan fingerprint density at radius 1 is 1.23 bits per heavy atom. The van der Waals surface area contributed by atoms with Gasteiger partial charge in [0, 0.05) is 17.5 Å². The summed E-state index contributed by atoms with van der Waals surface area (Å²) in [7, 11) is 0. The third-order valence-corrected chi connectivity index (χ3v) is 4.33. The number of nitrogens with one attached hydrogen (secondary N) is 1. The maximum atomic E-state index is 11.5. The predicted octanol–water partition coefficient (Wildman–Crippen LogP) is 3.27. The van der Waals surface area contributed by atoms with Crippen molar-refractivity contribution in [2.24, 2.45) is 5.73 Å². The molecular weight excluding hydrogens is 350 g/mol. The number of amides is 1. The molecule has 0 atom stereocenters. The van der Waals surface area contributed by atoms with Crippen molar-refractivity contribution in [2.75, 3.05) is 0 Å². The average Bonchev–Trinajstić information content (AvgIpc) is 3.11. The van der Waals surface area contributed by atoms with Crippen LogP contribution in [0.5, 0.6) is 0 Å². The Kier molecular flexibility index (Phi) is 5.30. The third-order valence-electron chi connectivity index (χ3n) is 4.02. The summed E-state index contributed by atoms with van der Waals surface area (Å²) in [6.07, 6.45) is 2.20. The van der Waals surface area contributed by atoms with Crippen molar-refractivity contribution in [1.29, 1.82) is 5.26 Å². The van der Waals surface area contributed by atoms with Crippen molar-refractivity contribution in [3.63, 3.8) is 0 Å². The summed E-state index contributed by atoms with van der Waals surface area (Å²) in [6, 6.07) is 14.4. The molecule has 3 rings (SSSR count). The molecule has 0 fully saturated rings. The van der Waals surface area contributed by atoms with Crippen molar-refractivity contribution in [3.05, 3.63) is 70.0 Å². The molecule has 3 N–H and O–H groups in total. The third kappa shape index (κ3) is 3.90. The van der Waals surface area contributed by atoms with Gasteiger partial charge in [-0.1, -0.05) is 29.8 Å². The lowest BCUT2D eigenvalue weighted by molar-refractivity contribution is 0.0999. The quantitative estimate of drug-likeness (QED) is 0.698. The van der Waals surface area contributed by atoms with E-state index >= 15 is 0 Å². The second kappa shape index (κ2) is 7.81. The molecule has 0 unspecified atom stereocenters. The number of benzene rings is 2. The van der Waals surface area contributed by atoms with E-state index in [2.05, 4.69) is 15.2 Å². The van der Waals surface area contributed by atoms with Gasteiger partial charge in [0.15, 0.2) is 5.82 Å². The highest BCUT2D eigenvalue weighted by atomic mass is 35.5. The number of aryl methyl sites for hydroxylation is 2. The molecule has 2 aromatic carbocycles. The van der Waals surface area contributed by atoms with Crippen LogP contribution in [-0.4, -0.2) is 21.1 Å². The van der Waals surface area contributed by atoms with E-state index in [1.165, 1.54) is 0 Å². The number of carbonyl (C=O) groups is 1. The highest BCUT2D eigenvalue weighted by Gasteiger charge is 2.10. The molecule has 7 heteroatoms. The molecule has 1 aromatic heterocycles. The smallest absolute Gasteiger partial charge is 0.248 e. The van der Waals surface area contributed by atoms with Crippen LogP contribution in [0.25, 0.3) is 11.4 Å². The van der Waals surface area contributed by atoms with Crippen LogP contribution < -0.4 is 5.73 Å². The van der Waals surface area contributed by atoms with Gasteiger partial charge in [-0.2, -0.15) is 10.4 Å². The average molecular weight is 366 g/mol. The molecule has 0 aliphatic rings. The number of primary amides is 1. The summed E-state index contributed by atoms with van der Waals surface area (Å²) < 4.78 is 0. The Balaban J connectivity index is 1.66. The van der Waals surface area contributed by atoms with Gasteiger partial charge in [-0.3, -0.25) is 9.89 Å². The number of halogens is 1. The summed E-state index contributed by atoms with van der Waals surface area (Å²) in [4.78, 5) is 15.9. The Labute approximate surface area is 155 Å². The van der Waals surface area contributed by atoms with E-state index in [0.717, 1.165) is 29.8 Å². The number of hydrogen-bond acceptors (Lipinski definition) is 4. The van der Waals surface area contributed by atoms with E-state index in [4.69, 9.17) is 22.6 Å². The summed E-state index contributed by atoms with van der Waals surface area (Å²) in [5.74, 6) is 0.862. The first-order chi connectivity index (χ1) is 12.6. The number of aromatic nitrogens is 3. The molecule has 0 aliphatic heterocycles. The van der Waals surface area contributed by atoms with Crippen LogP contribution >= 0.6 is 11.6 Å². The molecule has 0 spiro atoms. The Morgan fingerprint density at radius 3 is 2.77 bits per heavy atom. The molecule has 0 aliphatic carbocycles. The van der Waals surface area contributed by atoms with Crippen LogP contribution in [0.15, 0.2) is 42.5 Å². The highest BCUT2D eigenvalue weighted by Crippen LogP contribution is 2.23. The summed E-state index contributed by atoms with van der Waals surface area (Å²) >= 11 is 6.05. The molecule has 0 saturated carbocycles. The highest BCUT2D eigenvalue weighted by molar-refractivity contribution is 6.32. The van der Waals surface area contributed by atoms with E-state index in [1.54, 1.807) is 30.3 Å². The zero-order valence-electron chi connectivity index (χ0n) is 13.9. The fraction of sp³-hybridized carbons (Fsp3) is 0.158. The lowest BCUT2D eigenvalue weighted by Gasteiger charge is -2.05. The molecule has 1 heterocycles. The fourth-order valence-electron chi connectivity index (χ4n) is 2.71. The molecule has 130 valence electrons. The van der Waals surface area contributed by atoms with E-state index in [0.29, 0.717) is 28.4 Å². The first-order valence-corrected chi connectivity index (χ1v) is 8.45. The second-order valence-electron chi connectivity index (χ2n) is 5.79. The van der Waals surface area contributed by atoms with E-state index in [-0.39, 0.29) is 0 Å². The van der Waals surface area contributed by atoms with Gasteiger partial charge >= 0.3 is 0 Å². The van der Waals surface area contributed by atoms with Crippen molar-refractivity contribution in [2.45, 2.75) is 19.3 Å². The van der Waals surface area contributed by atoms with Crippen molar-refractivity contribution in [3.8, 4) is 17.5 Å². The van der Waals surface area contributed by atoms with E-state index in [1.807, 2.05) is 18.2 Å². The van der Waals surface area contributed by atoms with Crippen LogP contribution in [0, 0.1) is 11.3 Å². The molecule has 26 heavy (non-hydrogen) atoms. The van der Waals surface area contributed by atoms with Gasteiger partial charge in [-0.25, -0.2) is 4.98 Å². The zero-order valence-corrected chi connectivity index (χ0v) is 14.6. The molecule has 0 saturated heterocycles. The monoisotopic (exact) mass is 365 g/mol. The fourth-order valence-corrected chi connectivity index (χ4v) is 2.93. The number of nitriles is 1. The van der Waals surface area contributed by atoms with Gasteiger partial charge in [0.05, 0.1) is 10.6 Å². The van der Waals surface area contributed by atoms with Crippen molar-refractivity contribution < 1.29 is 4.79 Å². The van der Waals surface area contributed by atoms with Crippen LogP contribution in [0.4, 0.5) is 0 Å². The minimum absolute atomic E-state index is 0.374. The lowest BCUT2D eigenvalue weighted by Crippen LogP contribution is -2.13. The maximum absolute atomic E-state index is 11.5. The standard InChI is InChI=1S/C19H16ClN5O/c20-16-10-13(8-9-14(16)11-21)19-23-17(24-25-19)7-3-5-12-4-1-2-6-15(12)18(22)26/h1-2,4,6,8-10H,3,5,7H2,(H2,22,26)(H,23,24,25). The van der Waals surface area contributed by atoms with Gasteiger partial charge in [-0.05, 0) is 42.7 Å². The van der Waals surface area contributed by atoms with E-state index in [9.17, 15) is 4.79 Å². The Bertz CT molecular complexity index is 990. The van der Waals surface area contributed by atoms with Crippen LogP contribution in [0.2, 0.25) is 5.02 Å². The normalized spacial score (nSPS) is 10.5. The number of rotatable bonds is 6. The Hall–Kier alpha value is -3.17. The van der Waals surface area contributed by atoms with Crippen molar-refractivity contribution in [1.82, 2.24) is 15.2 Å². The van der Waals surface area contributed by atoms with Gasteiger partial charge < -0.3 is 5.73 Å². The number of aromatic amines is 1. The maximum Gasteiger partial charge on any atom is 0.248 e. The van der Waals surface area contributed by atoms with Gasteiger partial charge in [0.25, 0.3) is 0 Å².